The van der Waals surface area contributed by atoms with E-state index in [1.165, 1.54) is 24.0 Å². The van der Waals surface area contributed by atoms with Gasteiger partial charge < -0.3 is 14.8 Å². The number of hydrogen-bond acceptors (Lipinski definition) is 4. The Kier molecular flexibility index (Phi) is 5.30. The maximum Gasteiger partial charge on any atom is 0.234 e. The number of benzene rings is 2. The lowest BCUT2D eigenvalue weighted by Crippen LogP contribution is -2.15. The summed E-state index contributed by atoms with van der Waals surface area (Å²) in [6, 6.07) is 10.4. The third-order valence-electron chi connectivity index (χ3n) is 5.01. The third-order valence-corrected chi connectivity index (χ3v) is 6.01. The van der Waals surface area contributed by atoms with Crippen molar-refractivity contribution in [3.63, 3.8) is 0 Å². The van der Waals surface area contributed by atoms with Gasteiger partial charge in [-0.1, -0.05) is 6.07 Å². The summed E-state index contributed by atoms with van der Waals surface area (Å²) in [7, 11) is 0. The average molecular weight is 384 g/mol. The van der Waals surface area contributed by atoms with Gasteiger partial charge in [-0.2, -0.15) is 0 Å². The molecular formula is C22H25NO3S. The molecule has 4 nitrogen and oxygen atoms in total. The predicted octanol–water partition coefficient (Wildman–Crippen LogP) is 4.63. The van der Waals surface area contributed by atoms with Crippen LogP contribution < -0.4 is 14.8 Å². The van der Waals surface area contributed by atoms with E-state index in [9.17, 15) is 4.79 Å². The van der Waals surface area contributed by atoms with Crippen LogP contribution in [0.1, 0.15) is 37.0 Å². The molecule has 5 heteroatoms. The van der Waals surface area contributed by atoms with Crippen molar-refractivity contribution in [1.29, 1.82) is 0 Å². The van der Waals surface area contributed by atoms with Crippen molar-refractivity contribution >= 4 is 23.4 Å². The molecule has 0 bridgehead atoms. The molecule has 1 heterocycles. The Morgan fingerprint density at radius 1 is 1.22 bits per heavy atom. The lowest BCUT2D eigenvalue weighted by molar-refractivity contribution is -0.113. The summed E-state index contributed by atoms with van der Waals surface area (Å²) in [6.45, 7) is 4.55. The first-order valence-electron chi connectivity index (χ1n) is 9.63. The number of hydrogen-bond donors (Lipinski definition) is 1. The van der Waals surface area contributed by atoms with Gasteiger partial charge in [0.05, 0.1) is 18.0 Å². The van der Waals surface area contributed by atoms with Crippen LogP contribution in [0.15, 0.2) is 35.2 Å². The van der Waals surface area contributed by atoms with Crippen LogP contribution in [0.2, 0.25) is 0 Å². The summed E-state index contributed by atoms with van der Waals surface area (Å²) >= 11 is 1.57. The predicted molar refractivity (Wildman–Crippen MR) is 109 cm³/mol. The number of anilines is 1. The Hall–Kier alpha value is -2.14. The zero-order valence-corrected chi connectivity index (χ0v) is 16.7. The van der Waals surface area contributed by atoms with Crippen LogP contribution in [-0.4, -0.2) is 24.4 Å². The van der Waals surface area contributed by atoms with Gasteiger partial charge in [0.15, 0.2) is 0 Å². The van der Waals surface area contributed by atoms with E-state index in [-0.39, 0.29) is 12.0 Å². The fourth-order valence-corrected chi connectivity index (χ4v) is 4.54. The highest BCUT2D eigenvalue weighted by atomic mass is 32.2. The van der Waals surface area contributed by atoms with Gasteiger partial charge >= 0.3 is 0 Å². The first-order chi connectivity index (χ1) is 13.1. The molecule has 2 aromatic rings. The number of fused-ring (bicyclic) bond motifs is 2. The van der Waals surface area contributed by atoms with E-state index in [2.05, 4.69) is 23.5 Å². The fraction of sp³-hybridized carbons (Fsp3) is 0.409. The van der Waals surface area contributed by atoms with Crippen LogP contribution >= 0.6 is 11.8 Å². The van der Waals surface area contributed by atoms with Gasteiger partial charge in [0.1, 0.15) is 17.6 Å². The molecule has 2 aromatic carbocycles. The molecule has 4 rings (SSSR count). The van der Waals surface area contributed by atoms with E-state index in [1.807, 2.05) is 26.0 Å². The molecule has 2 aliphatic rings. The number of aryl methyl sites for hydroxylation is 2. The summed E-state index contributed by atoms with van der Waals surface area (Å²) in [5, 5.41) is 3.00. The molecule has 0 aromatic heterocycles. The number of thioether (sulfide) groups is 1. The van der Waals surface area contributed by atoms with Crippen molar-refractivity contribution in [3.8, 4) is 11.5 Å². The van der Waals surface area contributed by atoms with Gasteiger partial charge in [0.25, 0.3) is 0 Å². The van der Waals surface area contributed by atoms with Crippen molar-refractivity contribution in [2.24, 2.45) is 0 Å². The summed E-state index contributed by atoms with van der Waals surface area (Å²) in [5.74, 6) is 1.89. The number of carbonyl (C=O) groups excluding carboxylic acids is 1. The first kappa shape index (κ1) is 18.2. The highest BCUT2D eigenvalue weighted by Crippen LogP contribution is 2.38. The minimum atomic E-state index is -0.0348. The molecule has 0 saturated heterocycles. The monoisotopic (exact) mass is 383 g/mol. The van der Waals surface area contributed by atoms with E-state index in [1.54, 1.807) is 11.8 Å². The van der Waals surface area contributed by atoms with Gasteiger partial charge in [-0.25, -0.2) is 0 Å². The van der Waals surface area contributed by atoms with Gasteiger partial charge in [-0.3, -0.25) is 4.79 Å². The maximum absolute atomic E-state index is 12.5. The third kappa shape index (κ3) is 4.08. The molecule has 1 amide bonds. The number of nitrogens with one attached hydrogen (secondary N) is 1. The van der Waals surface area contributed by atoms with E-state index >= 15 is 0 Å². The highest BCUT2D eigenvalue weighted by molar-refractivity contribution is 8.00. The Morgan fingerprint density at radius 3 is 2.93 bits per heavy atom. The minimum absolute atomic E-state index is 0.0348. The lowest BCUT2D eigenvalue weighted by Gasteiger charge is -2.13. The normalized spacial score (nSPS) is 17.2. The van der Waals surface area contributed by atoms with Crippen molar-refractivity contribution in [3.05, 3.63) is 47.0 Å². The van der Waals surface area contributed by atoms with Gasteiger partial charge in [0, 0.05) is 22.9 Å². The van der Waals surface area contributed by atoms with Crippen molar-refractivity contribution < 1.29 is 14.3 Å². The topological polar surface area (TPSA) is 47.6 Å². The van der Waals surface area contributed by atoms with Gasteiger partial charge in [0.2, 0.25) is 5.91 Å². The fourth-order valence-electron chi connectivity index (χ4n) is 3.79. The molecular weight excluding hydrogens is 358 g/mol. The van der Waals surface area contributed by atoms with Crippen LogP contribution in [-0.2, 0) is 24.1 Å². The van der Waals surface area contributed by atoms with Crippen LogP contribution in [0.4, 0.5) is 5.69 Å². The second-order valence-electron chi connectivity index (χ2n) is 7.14. The molecule has 1 aliphatic heterocycles. The quantitative estimate of drug-likeness (QED) is 0.739. The molecule has 0 saturated carbocycles. The average Bonchev–Trinajstić information content (AvgIpc) is 3.25. The van der Waals surface area contributed by atoms with Crippen LogP contribution in [0.3, 0.4) is 0 Å². The largest absolute Gasteiger partial charge is 0.492 e. The van der Waals surface area contributed by atoms with E-state index in [0.717, 1.165) is 29.1 Å². The summed E-state index contributed by atoms with van der Waals surface area (Å²) < 4.78 is 11.6. The maximum atomic E-state index is 12.5. The zero-order valence-electron chi connectivity index (χ0n) is 15.8. The van der Waals surface area contributed by atoms with E-state index in [0.29, 0.717) is 23.8 Å². The molecule has 1 aliphatic carbocycles. The van der Waals surface area contributed by atoms with Crippen molar-refractivity contribution in [2.45, 2.75) is 50.5 Å². The van der Waals surface area contributed by atoms with Gasteiger partial charge in [-0.05, 0) is 62.4 Å². The SMILES string of the molecule is CCOc1cc2c(cc1NC(=O)CSc1ccc3c(c1)CCC3)OC(C)C2. The lowest BCUT2D eigenvalue weighted by atomic mass is 10.1. The van der Waals surface area contributed by atoms with Crippen LogP contribution in [0.5, 0.6) is 11.5 Å². The Morgan fingerprint density at radius 2 is 2.07 bits per heavy atom. The Labute approximate surface area is 164 Å². The molecule has 27 heavy (non-hydrogen) atoms. The minimum Gasteiger partial charge on any atom is -0.492 e. The number of carbonyl (C=O) groups is 1. The van der Waals surface area contributed by atoms with Crippen LogP contribution in [0, 0.1) is 0 Å². The molecule has 0 radical (unpaired) electrons. The second kappa shape index (κ2) is 7.85. The molecule has 142 valence electrons. The van der Waals surface area contributed by atoms with E-state index in [4.69, 9.17) is 9.47 Å². The number of ether oxygens (including phenoxy) is 2. The first-order valence-corrected chi connectivity index (χ1v) is 10.6. The molecule has 1 unspecified atom stereocenters. The standard InChI is InChI=1S/C22H25NO3S/c1-3-25-21-11-17-9-14(2)26-20(17)12-19(21)23-22(24)13-27-18-8-7-15-5-4-6-16(15)10-18/h7-8,10-12,14H,3-6,9,13H2,1-2H3,(H,23,24). The van der Waals surface area contributed by atoms with Crippen LogP contribution in [0.25, 0.3) is 0 Å². The van der Waals surface area contributed by atoms with Crippen molar-refractivity contribution in [1.82, 2.24) is 0 Å². The zero-order chi connectivity index (χ0) is 18.8. The summed E-state index contributed by atoms with van der Waals surface area (Å²) in [6.07, 6.45) is 4.61. The molecule has 0 fully saturated rings. The molecule has 0 spiro atoms. The van der Waals surface area contributed by atoms with Gasteiger partial charge in [-0.15, -0.1) is 11.8 Å². The molecule has 1 N–H and O–H groups in total. The summed E-state index contributed by atoms with van der Waals surface area (Å²) in [5.41, 5.74) is 4.71. The highest BCUT2D eigenvalue weighted by Gasteiger charge is 2.22. The second-order valence-corrected chi connectivity index (χ2v) is 8.19. The Bertz CT molecular complexity index is 865. The molecule has 1 atom stereocenters. The number of amides is 1. The van der Waals surface area contributed by atoms with Crippen molar-refractivity contribution in [2.75, 3.05) is 17.7 Å². The summed E-state index contributed by atoms with van der Waals surface area (Å²) in [4.78, 5) is 13.7. The Balaban J connectivity index is 1.42. The number of rotatable bonds is 6. The smallest absolute Gasteiger partial charge is 0.234 e. The van der Waals surface area contributed by atoms with E-state index < -0.39 is 0 Å².